The zero-order chi connectivity index (χ0) is 14.8. The van der Waals surface area contributed by atoms with E-state index in [1.165, 1.54) is 0 Å². The van der Waals surface area contributed by atoms with E-state index in [0.717, 1.165) is 33.7 Å². The molecule has 1 heterocycles. The van der Waals surface area contributed by atoms with Gasteiger partial charge in [-0.1, -0.05) is 6.07 Å². The third-order valence-corrected chi connectivity index (χ3v) is 3.27. The zero-order valence-corrected chi connectivity index (χ0v) is 11.9. The smallest absolute Gasteiger partial charge is 0.120 e. The van der Waals surface area contributed by atoms with Crippen molar-refractivity contribution in [3.8, 4) is 11.5 Å². The fraction of sp³-hybridized carbons (Fsp3) is 0.118. The van der Waals surface area contributed by atoms with Crippen LogP contribution in [0.1, 0.15) is 5.69 Å². The van der Waals surface area contributed by atoms with Crippen molar-refractivity contribution in [1.29, 1.82) is 0 Å². The Labute approximate surface area is 123 Å². The van der Waals surface area contributed by atoms with Gasteiger partial charge in [0.2, 0.25) is 0 Å². The monoisotopic (exact) mass is 280 g/mol. The highest BCUT2D eigenvalue weighted by atomic mass is 16.5. The molecule has 0 spiro atoms. The van der Waals surface area contributed by atoms with Crippen LogP contribution in [0.4, 0.5) is 11.4 Å². The Bertz CT molecular complexity index is 800. The molecule has 21 heavy (non-hydrogen) atoms. The summed E-state index contributed by atoms with van der Waals surface area (Å²) >= 11 is 0. The molecule has 0 amide bonds. The van der Waals surface area contributed by atoms with E-state index in [9.17, 15) is 5.11 Å². The van der Waals surface area contributed by atoms with Gasteiger partial charge in [0, 0.05) is 28.5 Å². The maximum atomic E-state index is 9.70. The van der Waals surface area contributed by atoms with Crippen LogP contribution in [-0.4, -0.2) is 17.2 Å². The summed E-state index contributed by atoms with van der Waals surface area (Å²) in [7, 11) is 1.64. The Hall–Kier alpha value is -2.75. The molecule has 106 valence electrons. The summed E-state index contributed by atoms with van der Waals surface area (Å²) in [6.07, 6.45) is 0. The van der Waals surface area contributed by atoms with Gasteiger partial charge in [-0.3, -0.25) is 4.98 Å². The Morgan fingerprint density at radius 3 is 2.76 bits per heavy atom. The second-order valence-corrected chi connectivity index (χ2v) is 4.87. The number of benzene rings is 2. The van der Waals surface area contributed by atoms with Crippen molar-refractivity contribution in [2.75, 3.05) is 12.4 Å². The number of hydrogen-bond acceptors (Lipinski definition) is 4. The number of methoxy groups -OCH3 is 1. The summed E-state index contributed by atoms with van der Waals surface area (Å²) in [5.41, 5.74) is 3.59. The molecular weight excluding hydrogens is 264 g/mol. The van der Waals surface area contributed by atoms with Crippen LogP contribution in [0.25, 0.3) is 10.9 Å². The fourth-order valence-corrected chi connectivity index (χ4v) is 2.31. The number of rotatable bonds is 3. The molecule has 0 saturated heterocycles. The topological polar surface area (TPSA) is 54.4 Å². The highest BCUT2D eigenvalue weighted by Gasteiger charge is 2.06. The third kappa shape index (κ3) is 2.74. The van der Waals surface area contributed by atoms with E-state index in [2.05, 4.69) is 10.3 Å². The van der Waals surface area contributed by atoms with Gasteiger partial charge >= 0.3 is 0 Å². The van der Waals surface area contributed by atoms with E-state index in [4.69, 9.17) is 4.74 Å². The predicted octanol–water partition coefficient (Wildman–Crippen LogP) is 4.00. The van der Waals surface area contributed by atoms with Crippen LogP contribution in [-0.2, 0) is 0 Å². The number of nitrogens with one attached hydrogen (secondary N) is 1. The van der Waals surface area contributed by atoms with Gasteiger partial charge in [0.25, 0.3) is 0 Å². The molecule has 2 aromatic carbocycles. The molecule has 0 aliphatic heterocycles. The van der Waals surface area contributed by atoms with Crippen molar-refractivity contribution in [2.45, 2.75) is 6.92 Å². The minimum atomic E-state index is 0.224. The molecule has 0 saturated carbocycles. The number of pyridine rings is 1. The second kappa shape index (κ2) is 5.32. The highest BCUT2D eigenvalue weighted by Crippen LogP contribution is 2.30. The lowest BCUT2D eigenvalue weighted by Gasteiger charge is -2.12. The second-order valence-electron chi connectivity index (χ2n) is 4.87. The molecule has 3 aromatic rings. The number of fused-ring (bicyclic) bond motifs is 1. The number of aryl methyl sites for hydroxylation is 1. The Morgan fingerprint density at radius 1 is 1.10 bits per heavy atom. The molecule has 0 aliphatic rings. The molecule has 0 aliphatic carbocycles. The van der Waals surface area contributed by atoms with Crippen molar-refractivity contribution in [3.63, 3.8) is 0 Å². The van der Waals surface area contributed by atoms with Crippen molar-refractivity contribution in [1.82, 2.24) is 4.98 Å². The normalized spacial score (nSPS) is 10.6. The quantitative estimate of drug-likeness (QED) is 0.761. The molecular formula is C17H16N2O2. The molecule has 0 fully saturated rings. The van der Waals surface area contributed by atoms with Crippen LogP contribution in [0.5, 0.6) is 11.5 Å². The first-order valence-corrected chi connectivity index (χ1v) is 6.67. The van der Waals surface area contributed by atoms with E-state index in [1.807, 2.05) is 43.3 Å². The van der Waals surface area contributed by atoms with Gasteiger partial charge in [-0.05, 0) is 43.3 Å². The molecule has 3 rings (SSSR count). The van der Waals surface area contributed by atoms with E-state index >= 15 is 0 Å². The zero-order valence-electron chi connectivity index (χ0n) is 11.9. The Morgan fingerprint density at radius 2 is 1.95 bits per heavy atom. The number of anilines is 2. The third-order valence-electron chi connectivity index (χ3n) is 3.27. The number of phenolic OH excluding ortho intramolecular Hbond substituents is 1. The summed E-state index contributed by atoms with van der Waals surface area (Å²) in [6, 6.07) is 14.8. The predicted molar refractivity (Wildman–Crippen MR) is 84.4 cm³/mol. The summed E-state index contributed by atoms with van der Waals surface area (Å²) < 4.78 is 5.23. The maximum absolute atomic E-state index is 9.70. The fourth-order valence-electron chi connectivity index (χ4n) is 2.31. The van der Waals surface area contributed by atoms with Gasteiger partial charge in [-0.2, -0.15) is 0 Å². The first-order valence-electron chi connectivity index (χ1n) is 6.67. The maximum Gasteiger partial charge on any atom is 0.120 e. The van der Waals surface area contributed by atoms with E-state index in [1.54, 1.807) is 19.2 Å². The van der Waals surface area contributed by atoms with Crippen molar-refractivity contribution < 1.29 is 9.84 Å². The first-order chi connectivity index (χ1) is 10.2. The van der Waals surface area contributed by atoms with E-state index in [-0.39, 0.29) is 5.75 Å². The van der Waals surface area contributed by atoms with Crippen LogP contribution in [0, 0.1) is 6.92 Å². The minimum absolute atomic E-state index is 0.224. The van der Waals surface area contributed by atoms with Gasteiger partial charge < -0.3 is 15.2 Å². The Balaban J connectivity index is 2.08. The van der Waals surface area contributed by atoms with E-state index < -0.39 is 0 Å². The van der Waals surface area contributed by atoms with Crippen LogP contribution < -0.4 is 10.1 Å². The van der Waals surface area contributed by atoms with Gasteiger partial charge in [0.1, 0.15) is 11.5 Å². The van der Waals surface area contributed by atoms with Gasteiger partial charge in [-0.15, -0.1) is 0 Å². The summed E-state index contributed by atoms with van der Waals surface area (Å²) in [5.74, 6) is 1.01. The van der Waals surface area contributed by atoms with Gasteiger partial charge in [0.15, 0.2) is 0 Å². The lowest BCUT2D eigenvalue weighted by molar-refractivity contribution is 0.415. The molecule has 2 N–H and O–H groups in total. The number of aromatic hydroxyl groups is 1. The first kappa shape index (κ1) is 13.2. The molecule has 0 unspecified atom stereocenters. The van der Waals surface area contributed by atoms with Crippen molar-refractivity contribution in [3.05, 3.63) is 54.2 Å². The largest absolute Gasteiger partial charge is 0.508 e. The number of hydrogen-bond donors (Lipinski definition) is 2. The average Bonchev–Trinajstić information content (AvgIpc) is 2.48. The summed E-state index contributed by atoms with van der Waals surface area (Å²) in [5, 5.41) is 13.9. The van der Waals surface area contributed by atoms with Crippen LogP contribution >= 0.6 is 0 Å². The summed E-state index contributed by atoms with van der Waals surface area (Å²) in [4.78, 5) is 4.48. The minimum Gasteiger partial charge on any atom is -0.508 e. The lowest BCUT2D eigenvalue weighted by Crippen LogP contribution is -1.95. The summed E-state index contributed by atoms with van der Waals surface area (Å²) in [6.45, 7) is 1.95. The van der Waals surface area contributed by atoms with Crippen LogP contribution in [0.15, 0.2) is 48.5 Å². The Kier molecular flexibility index (Phi) is 3.36. The highest BCUT2D eigenvalue weighted by molar-refractivity contribution is 5.94. The number of ether oxygens (including phenoxy) is 1. The SMILES string of the molecule is COc1cccc(Nc2cc(C)nc3ccc(O)cc23)c1. The molecule has 4 nitrogen and oxygen atoms in total. The molecule has 0 radical (unpaired) electrons. The molecule has 4 heteroatoms. The van der Waals surface area contributed by atoms with Crippen LogP contribution in [0.2, 0.25) is 0 Å². The lowest BCUT2D eigenvalue weighted by atomic mass is 10.1. The van der Waals surface area contributed by atoms with Crippen molar-refractivity contribution in [2.24, 2.45) is 0 Å². The van der Waals surface area contributed by atoms with Crippen LogP contribution in [0.3, 0.4) is 0 Å². The number of aromatic nitrogens is 1. The van der Waals surface area contributed by atoms with E-state index in [0.29, 0.717) is 0 Å². The van der Waals surface area contributed by atoms with Gasteiger partial charge in [0.05, 0.1) is 12.6 Å². The molecule has 1 aromatic heterocycles. The number of nitrogens with zero attached hydrogens (tertiary/aromatic N) is 1. The molecule has 0 bridgehead atoms. The number of phenols is 1. The van der Waals surface area contributed by atoms with Crippen molar-refractivity contribution >= 4 is 22.3 Å². The average molecular weight is 280 g/mol. The molecule has 0 atom stereocenters. The van der Waals surface area contributed by atoms with Gasteiger partial charge in [-0.25, -0.2) is 0 Å². The standard InChI is InChI=1S/C17H16N2O2/c1-11-8-17(15-10-13(20)6-7-16(15)18-11)19-12-4-3-5-14(9-12)21-2/h3-10,20H,1-2H3,(H,18,19).